The summed E-state index contributed by atoms with van der Waals surface area (Å²) in [6, 6.07) is 4.03. The van der Waals surface area contributed by atoms with Crippen molar-refractivity contribution in [3.63, 3.8) is 0 Å². The number of ether oxygens (including phenoxy) is 1. The van der Waals surface area contributed by atoms with Crippen molar-refractivity contribution < 1.29 is 18.7 Å². The van der Waals surface area contributed by atoms with E-state index in [1.54, 1.807) is 0 Å². The van der Waals surface area contributed by atoms with Crippen LogP contribution in [0.2, 0.25) is 0 Å². The van der Waals surface area contributed by atoms with E-state index in [1.165, 1.54) is 32.2 Å². The highest BCUT2D eigenvalue weighted by Crippen LogP contribution is 2.26. The van der Waals surface area contributed by atoms with E-state index in [1.807, 2.05) is 0 Å². The Morgan fingerprint density at radius 3 is 2.48 bits per heavy atom. The topological polar surface area (TPSA) is 79.5 Å². The van der Waals surface area contributed by atoms with E-state index in [2.05, 4.69) is 16.0 Å². The van der Waals surface area contributed by atoms with Crippen LogP contribution in [-0.2, 0) is 14.3 Å². The van der Waals surface area contributed by atoms with E-state index in [4.69, 9.17) is 4.74 Å². The van der Waals surface area contributed by atoms with Gasteiger partial charge in [-0.2, -0.15) is 0 Å². The fourth-order valence-corrected chi connectivity index (χ4v) is 2.49. The zero-order valence-corrected chi connectivity index (χ0v) is 13.9. The minimum Gasteiger partial charge on any atom is -0.368 e. The molecule has 1 aliphatic heterocycles. The van der Waals surface area contributed by atoms with Crippen molar-refractivity contribution in [1.29, 1.82) is 0 Å². The smallest absolute Gasteiger partial charge is 0.256 e. The van der Waals surface area contributed by atoms with Crippen LogP contribution in [0.25, 0.3) is 0 Å². The second-order valence-corrected chi connectivity index (χ2v) is 5.28. The number of amides is 2. The van der Waals surface area contributed by atoms with Gasteiger partial charge in [-0.25, -0.2) is 4.39 Å². The molecule has 128 valence electrons. The monoisotopic (exact) mass is 345 g/mol. The highest BCUT2D eigenvalue weighted by atomic mass is 35.5. The Morgan fingerprint density at radius 2 is 1.91 bits per heavy atom. The molecule has 1 aromatic rings. The van der Waals surface area contributed by atoms with Gasteiger partial charge in [0.05, 0.1) is 5.69 Å². The van der Waals surface area contributed by atoms with Gasteiger partial charge < -0.3 is 20.7 Å². The fraction of sp³-hybridized carbons (Fsp3) is 0.467. The van der Waals surface area contributed by atoms with E-state index in [0.717, 1.165) is 0 Å². The lowest BCUT2D eigenvalue weighted by molar-refractivity contribution is -0.140. The first-order chi connectivity index (χ1) is 10.5. The summed E-state index contributed by atoms with van der Waals surface area (Å²) in [6.07, 6.45) is 1.13. The molecule has 1 aliphatic rings. The predicted octanol–water partition coefficient (Wildman–Crippen LogP) is 1.91. The Morgan fingerprint density at radius 1 is 1.26 bits per heavy atom. The molecule has 0 aromatic heterocycles. The molecule has 3 N–H and O–H groups in total. The highest BCUT2D eigenvalue weighted by Gasteiger charge is 2.39. The first-order valence-electron chi connectivity index (χ1n) is 7.11. The molecule has 1 heterocycles. The lowest BCUT2D eigenvalue weighted by atomic mass is 9.91. The van der Waals surface area contributed by atoms with Crippen LogP contribution in [0.5, 0.6) is 0 Å². The maximum absolute atomic E-state index is 13.6. The van der Waals surface area contributed by atoms with Crippen LogP contribution >= 0.6 is 12.4 Å². The van der Waals surface area contributed by atoms with E-state index >= 15 is 0 Å². The largest absolute Gasteiger partial charge is 0.368 e. The Hall–Kier alpha value is -1.70. The summed E-state index contributed by atoms with van der Waals surface area (Å²) in [5.74, 6) is -1.21. The van der Waals surface area contributed by atoms with Crippen molar-refractivity contribution in [2.45, 2.75) is 25.4 Å². The normalized spacial score (nSPS) is 16.1. The molecule has 0 saturated carbocycles. The second-order valence-electron chi connectivity index (χ2n) is 5.28. The third-order valence-corrected chi connectivity index (χ3v) is 3.75. The number of nitrogens with one attached hydrogen (secondary N) is 3. The Bertz CT molecular complexity index is 577. The van der Waals surface area contributed by atoms with Gasteiger partial charge in [-0.3, -0.25) is 9.59 Å². The van der Waals surface area contributed by atoms with Gasteiger partial charge in [0.15, 0.2) is 0 Å². The summed E-state index contributed by atoms with van der Waals surface area (Å²) in [4.78, 5) is 23.5. The molecule has 1 fully saturated rings. The number of hydrogen-bond acceptors (Lipinski definition) is 4. The molecule has 1 aromatic carbocycles. The summed E-state index contributed by atoms with van der Waals surface area (Å²) >= 11 is 0. The highest BCUT2D eigenvalue weighted by molar-refractivity contribution is 5.98. The van der Waals surface area contributed by atoms with Gasteiger partial charge in [0, 0.05) is 19.7 Å². The maximum atomic E-state index is 13.6. The lowest BCUT2D eigenvalue weighted by Gasteiger charge is -2.34. The van der Waals surface area contributed by atoms with Crippen molar-refractivity contribution in [3.8, 4) is 0 Å². The summed E-state index contributed by atoms with van der Waals surface area (Å²) in [5, 5.41) is 8.29. The third kappa shape index (κ3) is 4.63. The number of carbonyl (C=O) groups excluding carboxylic acids is 2. The van der Waals surface area contributed by atoms with E-state index < -0.39 is 11.4 Å². The maximum Gasteiger partial charge on any atom is 0.256 e. The van der Waals surface area contributed by atoms with Crippen molar-refractivity contribution in [2.75, 3.05) is 30.8 Å². The van der Waals surface area contributed by atoms with Crippen LogP contribution < -0.4 is 16.0 Å². The third-order valence-electron chi connectivity index (χ3n) is 3.75. The van der Waals surface area contributed by atoms with Gasteiger partial charge in [-0.1, -0.05) is 0 Å². The molecule has 0 radical (unpaired) electrons. The number of halogens is 2. The molecule has 0 spiro atoms. The zero-order valence-electron chi connectivity index (χ0n) is 13.1. The fourth-order valence-electron chi connectivity index (χ4n) is 2.49. The summed E-state index contributed by atoms with van der Waals surface area (Å²) in [7, 11) is 1.51. The van der Waals surface area contributed by atoms with Gasteiger partial charge >= 0.3 is 0 Å². The molecule has 0 unspecified atom stereocenters. The van der Waals surface area contributed by atoms with E-state index in [0.29, 0.717) is 31.6 Å². The minimum absolute atomic E-state index is 0. The molecule has 1 saturated heterocycles. The van der Waals surface area contributed by atoms with Gasteiger partial charge in [-0.15, -0.1) is 12.4 Å². The first kappa shape index (κ1) is 19.3. The van der Waals surface area contributed by atoms with Gasteiger partial charge in [-0.05, 0) is 44.1 Å². The average molecular weight is 346 g/mol. The van der Waals surface area contributed by atoms with E-state index in [-0.39, 0.29) is 29.9 Å². The molecule has 0 aliphatic carbocycles. The molecule has 0 atom stereocenters. The predicted molar refractivity (Wildman–Crippen MR) is 88.4 cm³/mol. The quantitative estimate of drug-likeness (QED) is 0.779. The van der Waals surface area contributed by atoms with Crippen molar-refractivity contribution >= 4 is 35.6 Å². The molecule has 8 heteroatoms. The number of hydrogen-bond donors (Lipinski definition) is 3. The van der Waals surface area contributed by atoms with Crippen LogP contribution in [0, 0.1) is 5.82 Å². The number of anilines is 2. The standard InChI is InChI=1S/C15H20FN3O3.ClH/c1-10(20)18-13-9-11(3-4-12(13)16)19-14(21)15(22-2)5-7-17-8-6-15;/h3-4,9,17H,5-8H2,1-2H3,(H,18,20)(H,19,21);1H. The lowest BCUT2D eigenvalue weighted by Crippen LogP contribution is -2.51. The second kappa shape index (κ2) is 8.24. The van der Waals surface area contributed by atoms with Gasteiger partial charge in [0.25, 0.3) is 5.91 Å². The van der Waals surface area contributed by atoms with Crippen LogP contribution in [0.4, 0.5) is 15.8 Å². The molecule has 2 amide bonds. The van der Waals surface area contributed by atoms with Crippen LogP contribution in [0.1, 0.15) is 19.8 Å². The summed E-state index contributed by atoms with van der Waals surface area (Å²) < 4.78 is 19.0. The molecule has 0 bridgehead atoms. The van der Waals surface area contributed by atoms with Crippen molar-refractivity contribution in [3.05, 3.63) is 24.0 Å². The summed E-state index contributed by atoms with van der Waals surface area (Å²) in [6.45, 7) is 2.68. The van der Waals surface area contributed by atoms with Gasteiger partial charge in [0.1, 0.15) is 11.4 Å². The Labute approximate surface area is 140 Å². The van der Waals surface area contributed by atoms with Crippen LogP contribution in [-0.4, -0.2) is 37.6 Å². The molecule has 6 nitrogen and oxygen atoms in total. The molecular formula is C15H21ClFN3O3. The Kier molecular flexibility index (Phi) is 6.93. The SMILES string of the molecule is COC1(C(=O)Nc2ccc(F)c(NC(C)=O)c2)CCNCC1.Cl. The number of carbonyl (C=O) groups is 2. The molecule has 23 heavy (non-hydrogen) atoms. The summed E-state index contributed by atoms with van der Waals surface area (Å²) in [5.41, 5.74) is -0.444. The average Bonchev–Trinajstić information content (AvgIpc) is 2.50. The van der Waals surface area contributed by atoms with Crippen molar-refractivity contribution in [1.82, 2.24) is 5.32 Å². The number of piperidine rings is 1. The number of benzene rings is 1. The van der Waals surface area contributed by atoms with Crippen LogP contribution in [0.3, 0.4) is 0 Å². The van der Waals surface area contributed by atoms with Crippen LogP contribution in [0.15, 0.2) is 18.2 Å². The van der Waals surface area contributed by atoms with E-state index in [9.17, 15) is 14.0 Å². The number of rotatable bonds is 4. The molecular weight excluding hydrogens is 325 g/mol. The number of methoxy groups -OCH3 is 1. The zero-order chi connectivity index (χ0) is 16.2. The Balaban J connectivity index is 0.00000264. The molecule has 2 rings (SSSR count). The minimum atomic E-state index is -0.881. The van der Waals surface area contributed by atoms with Crippen molar-refractivity contribution in [2.24, 2.45) is 0 Å². The first-order valence-corrected chi connectivity index (χ1v) is 7.11. The van der Waals surface area contributed by atoms with Gasteiger partial charge in [0.2, 0.25) is 5.91 Å².